The lowest BCUT2D eigenvalue weighted by Gasteiger charge is -2.35. The van der Waals surface area contributed by atoms with Crippen molar-refractivity contribution in [3.63, 3.8) is 0 Å². The molecular formula is C29H36N6. The van der Waals surface area contributed by atoms with E-state index in [1.807, 2.05) is 36.3 Å². The predicted molar refractivity (Wildman–Crippen MR) is 143 cm³/mol. The minimum Gasteiger partial charge on any atom is -0.367 e. The van der Waals surface area contributed by atoms with E-state index in [0.29, 0.717) is 17.6 Å². The molecule has 3 aromatic rings. The molecule has 2 heterocycles. The molecule has 6 heteroatoms. The second kappa shape index (κ2) is 11.7. The van der Waals surface area contributed by atoms with Crippen molar-refractivity contribution in [2.45, 2.75) is 70.4 Å². The van der Waals surface area contributed by atoms with Gasteiger partial charge >= 0.3 is 0 Å². The lowest BCUT2D eigenvalue weighted by molar-refractivity contribution is 0.507. The van der Waals surface area contributed by atoms with Gasteiger partial charge in [-0.1, -0.05) is 38.5 Å². The van der Waals surface area contributed by atoms with Crippen LogP contribution in [0.15, 0.2) is 67.3 Å². The van der Waals surface area contributed by atoms with E-state index < -0.39 is 0 Å². The number of nitrogens with zero attached hydrogens (tertiary/aromatic N) is 5. The molecule has 2 aromatic heterocycles. The minimum absolute atomic E-state index is 0.413. The van der Waals surface area contributed by atoms with Crippen molar-refractivity contribution in [2.24, 2.45) is 7.05 Å². The standard InChI is InChI=1S/C29H36N6/c1-4-22(2)35(28-15-13-24(14-16-28)25-20-32-34(3)21-25)27-10-6-5-8-26(9-7-11-27)33-29-17-12-23(18-30)19-31-29/h12-17,19-21,26-27H,2,4-11H2,1,3H3,(H,31,33)/t26-,27-/m1/s1. The smallest absolute Gasteiger partial charge is 0.126 e. The van der Waals surface area contributed by atoms with E-state index >= 15 is 0 Å². The molecule has 1 saturated carbocycles. The maximum atomic E-state index is 9.00. The quantitative estimate of drug-likeness (QED) is 0.419. The van der Waals surface area contributed by atoms with Crippen LogP contribution in [0, 0.1) is 11.3 Å². The van der Waals surface area contributed by atoms with Crippen molar-refractivity contribution in [1.29, 1.82) is 5.26 Å². The Kier molecular flexibility index (Phi) is 8.20. The molecule has 2 atom stereocenters. The summed E-state index contributed by atoms with van der Waals surface area (Å²) in [5.74, 6) is 0.861. The Morgan fingerprint density at radius 3 is 2.46 bits per heavy atom. The summed E-state index contributed by atoms with van der Waals surface area (Å²) < 4.78 is 1.84. The van der Waals surface area contributed by atoms with E-state index in [4.69, 9.17) is 5.26 Å². The molecule has 35 heavy (non-hydrogen) atoms. The van der Waals surface area contributed by atoms with Gasteiger partial charge in [0, 0.05) is 48.5 Å². The van der Waals surface area contributed by atoms with E-state index in [-0.39, 0.29) is 0 Å². The third-order valence-corrected chi connectivity index (χ3v) is 6.97. The topological polar surface area (TPSA) is 69.8 Å². The molecule has 0 unspecified atom stereocenters. The van der Waals surface area contributed by atoms with Gasteiger partial charge in [0.1, 0.15) is 11.9 Å². The summed E-state index contributed by atoms with van der Waals surface area (Å²) in [7, 11) is 1.95. The van der Waals surface area contributed by atoms with Crippen molar-refractivity contribution < 1.29 is 0 Å². The zero-order valence-electron chi connectivity index (χ0n) is 21.0. The van der Waals surface area contributed by atoms with Crippen molar-refractivity contribution in [3.8, 4) is 17.2 Å². The van der Waals surface area contributed by atoms with E-state index in [9.17, 15) is 0 Å². The van der Waals surface area contributed by atoms with E-state index in [1.165, 1.54) is 36.2 Å². The van der Waals surface area contributed by atoms with E-state index in [0.717, 1.165) is 43.5 Å². The Morgan fingerprint density at radius 1 is 1.06 bits per heavy atom. The number of aromatic nitrogens is 3. The van der Waals surface area contributed by atoms with Crippen LogP contribution >= 0.6 is 0 Å². The van der Waals surface area contributed by atoms with Gasteiger partial charge in [-0.15, -0.1) is 0 Å². The monoisotopic (exact) mass is 468 g/mol. The number of pyridine rings is 1. The Balaban J connectivity index is 1.44. The van der Waals surface area contributed by atoms with Crippen LogP contribution in [0.4, 0.5) is 11.5 Å². The van der Waals surface area contributed by atoms with Gasteiger partial charge in [0.05, 0.1) is 11.8 Å². The Morgan fingerprint density at radius 2 is 1.80 bits per heavy atom. The highest BCUT2D eigenvalue weighted by Gasteiger charge is 2.23. The average Bonchev–Trinajstić information content (AvgIpc) is 3.36. The molecule has 0 aliphatic heterocycles. The molecule has 1 fully saturated rings. The van der Waals surface area contributed by atoms with Crippen LogP contribution in [-0.4, -0.2) is 26.8 Å². The van der Waals surface area contributed by atoms with Gasteiger partial charge in [-0.05, 0) is 68.4 Å². The van der Waals surface area contributed by atoms with Crippen LogP contribution in [-0.2, 0) is 7.05 Å². The maximum absolute atomic E-state index is 9.00. The first-order valence-corrected chi connectivity index (χ1v) is 12.8. The van der Waals surface area contributed by atoms with Crippen LogP contribution in [0.3, 0.4) is 0 Å². The van der Waals surface area contributed by atoms with Crippen LogP contribution in [0.1, 0.15) is 63.9 Å². The van der Waals surface area contributed by atoms with Crippen molar-refractivity contribution in [2.75, 3.05) is 10.2 Å². The molecule has 1 aliphatic carbocycles. The van der Waals surface area contributed by atoms with Crippen molar-refractivity contribution in [1.82, 2.24) is 14.8 Å². The largest absolute Gasteiger partial charge is 0.367 e. The van der Waals surface area contributed by atoms with Crippen molar-refractivity contribution >= 4 is 11.5 Å². The Bertz CT molecular complexity index is 1140. The molecule has 182 valence electrons. The SMILES string of the molecule is C=C(CC)N(c1ccc(-c2cnn(C)c2)cc1)[C@@H]1CCCC[C@@H](Nc2ccc(C#N)cn2)CCC1. The van der Waals surface area contributed by atoms with Crippen LogP contribution in [0.2, 0.25) is 0 Å². The average molecular weight is 469 g/mol. The highest BCUT2D eigenvalue weighted by Crippen LogP contribution is 2.32. The van der Waals surface area contributed by atoms with E-state index in [2.05, 4.69) is 64.1 Å². The van der Waals surface area contributed by atoms with Gasteiger partial charge < -0.3 is 10.2 Å². The normalized spacial score (nSPS) is 18.5. The summed E-state index contributed by atoms with van der Waals surface area (Å²) in [6.45, 7) is 6.63. The number of hydrogen-bond acceptors (Lipinski definition) is 5. The first-order chi connectivity index (χ1) is 17.1. The number of aryl methyl sites for hydroxylation is 1. The highest BCUT2D eigenvalue weighted by atomic mass is 15.2. The van der Waals surface area contributed by atoms with Crippen LogP contribution in [0.5, 0.6) is 0 Å². The molecule has 4 rings (SSSR count). The van der Waals surface area contributed by atoms with Crippen LogP contribution < -0.4 is 10.2 Å². The number of nitriles is 1. The number of allylic oxidation sites excluding steroid dienone is 1. The first-order valence-electron chi connectivity index (χ1n) is 12.8. The molecule has 6 nitrogen and oxygen atoms in total. The van der Waals surface area contributed by atoms with Gasteiger partial charge in [-0.3, -0.25) is 4.68 Å². The van der Waals surface area contributed by atoms with Gasteiger partial charge in [-0.2, -0.15) is 10.4 Å². The third kappa shape index (κ3) is 6.30. The predicted octanol–water partition coefficient (Wildman–Crippen LogP) is 6.68. The summed E-state index contributed by atoms with van der Waals surface area (Å²) in [6.07, 6.45) is 14.7. The highest BCUT2D eigenvalue weighted by molar-refractivity contribution is 5.66. The molecule has 0 bridgehead atoms. The lowest BCUT2D eigenvalue weighted by Crippen LogP contribution is -2.34. The maximum Gasteiger partial charge on any atom is 0.126 e. The second-order valence-corrected chi connectivity index (χ2v) is 9.49. The second-order valence-electron chi connectivity index (χ2n) is 9.49. The fourth-order valence-corrected chi connectivity index (χ4v) is 5.02. The Labute approximate surface area is 209 Å². The summed E-state index contributed by atoms with van der Waals surface area (Å²) in [6, 6.07) is 15.6. The molecule has 0 spiro atoms. The number of rotatable bonds is 7. The lowest BCUT2D eigenvalue weighted by atomic mass is 10.00. The summed E-state index contributed by atoms with van der Waals surface area (Å²) in [5.41, 5.74) is 5.32. The molecule has 0 amide bonds. The van der Waals surface area contributed by atoms with Gasteiger partial charge in [0.15, 0.2) is 0 Å². The molecular weight excluding hydrogens is 432 g/mol. The number of anilines is 2. The molecule has 1 aliphatic rings. The van der Waals surface area contributed by atoms with E-state index in [1.54, 1.807) is 6.20 Å². The summed E-state index contributed by atoms with van der Waals surface area (Å²) >= 11 is 0. The summed E-state index contributed by atoms with van der Waals surface area (Å²) in [5, 5.41) is 16.9. The third-order valence-electron chi connectivity index (χ3n) is 6.97. The molecule has 0 saturated heterocycles. The number of hydrogen-bond donors (Lipinski definition) is 1. The van der Waals surface area contributed by atoms with Crippen molar-refractivity contribution in [3.05, 3.63) is 72.8 Å². The first kappa shape index (κ1) is 24.5. The van der Waals surface area contributed by atoms with Gasteiger partial charge in [0.2, 0.25) is 0 Å². The zero-order valence-corrected chi connectivity index (χ0v) is 21.0. The van der Waals surface area contributed by atoms with Gasteiger partial charge in [0.25, 0.3) is 0 Å². The fraction of sp³-hybridized carbons (Fsp3) is 0.414. The summed E-state index contributed by atoms with van der Waals surface area (Å²) in [4.78, 5) is 6.90. The molecule has 1 N–H and O–H groups in total. The zero-order chi connectivity index (χ0) is 24.6. The Hall–Kier alpha value is -3.59. The van der Waals surface area contributed by atoms with Crippen LogP contribution in [0.25, 0.3) is 11.1 Å². The number of nitrogens with one attached hydrogen (secondary N) is 1. The fourth-order valence-electron chi connectivity index (χ4n) is 5.02. The van der Waals surface area contributed by atoms with Gasteiger partial charge in [-0.25, -0.2) is 4.98 Å². The minimum atomic E-state index is 0.413. The molecule has 1 aromatic carbocycles. The molecule has 0 radical (unpaired) electrons. The number of benzene rings is 1.